The topological polar surface area (TPSA) is 83.6 Å². The summed E-state index contributed by atoms with van der Waals surface area (Å²) in [6.45, 7) is 1.75. The van der Waals surface area contributed by atoms with Gasteiger partial charge in [0.25, 0.3) is 11.8 Å². The molecule has 1 aromatic carbocycles. The standard InChI is InChI=1S/C14H12N2O4.ClH/c1-7-3-2-4-8-11(7)14(20)16(13(8)19)9-5-6-10(17)15-12(9)18;/h2-4,9H,5-6H2,1H3,(H,15,17,18);1H. The van der Waals surface area contributed by atoms with E-state index in [9.17, 15) is 19.2 Å². The van der Waals surface area contributed by atoms with Crippen LogP contribution in [0.4, 0.5) is 0 Å². The molecular weight excluding hydrogens is 296 g/mol. The van der Waals surface area contributed by atoms with Crippen molar-refractivity contribution in [3.05, 3.63) is 34.9 Å². The summed E-state index contributed by atoms with van der Waals surface area (Å²) in [4.78, 5) is 48.7. The van der Waals surface area contributed by atoms with Crippen LogP contribution in [-0.2, 0) is 9.59 Å². The Morgan fingerprint density at radius 3 is 2.48 bits per heavy atom. The lowest BCUT2D eigenvalue weighted by Crippen LogP contribution is -2.54. The molecule has 1 N–H and O–H groups in total. The molecule has 1 atom stereocenters. The molecule has 0 saturated carbocycles. The van der Waals surface area contributed by atoms with Gasteiger partial charge in [-0.2, -0.15) is 0 Å². The van der Waals surface area contributed by atoms with Gasteiger partial charge in [-0.05, 0) is 25.0 Å². The Hall–Kier alpha value is -2.21. The van der Waals surface area contributed by atoms with Crippen molar-refractivity contribution in [1.29, 1.82) is 0 Å². The van der Waals surface area contributed by atoms with Gasteiger partial charge < -0.3 is 0 Å². The van der Waals surface area contributed by atoms with Gasteiger partial charge >= 0.3 is 0 Å². The number of hydrogen-bond donors (Lipinski definition) is 1. The van der Waals surface area contributed by atoms with Crippen LogP contribution >= 0.6 is 12.4 Å². The van der Waals surface area contributed by atoms with E-state index in [4.69, 9.17) is 0 Å². The molecule has 0 aromatic heterocycles. The van der Waals surface area contributed by atoms with Crippen molar-refractivity contribution in [3.8, 4) is 0 Å². The number of imide groups is 2. The predicted octanol–water partition coefficient (Wildman–Crippen LogP) is 0.818. The molecule has 1 unspecified atom stereocenters. The maximum absolute atomic E-state index is 12.4. The quantitative estimate of drug-likeness (QED) is 0.779. The zero-order valence-electron chi connectivity index (χ0n) is 11.2. The number of hydrogen-bond acceptors (Lipinski definition) is 4. The smallest absolute Gasteiger partial charge is 0.262 e. The number of rotatable bonds is 1. The molecule has 1 saturated heterocycles. The fourth-order valence-corrected chi connectivity index (χ4v) is 2.68. The summed E-state index contributed by atoms with van der Waals surface area (Å²) in [5, 5.41) is 2.16. The number of halogens is 1. The first kappa shape index (κ1) is 15.2. The molecule has 2 aliphatic rings. The highest BCUT2D eigenvalue weighted by Crippen LogP contribution is 2.29. The van der Waals surface area contributed by atoms with Crippen molar-refractivity contribution in [1.82, 2.24) is 10.2 Å². The van der Waals surface area contributed by atoms with Gasteiger partial charge in [0.1, 0.15) is 6.04 Å². The zero-order valence-corrected chi connectivity index (χ0v) is 12.0. The average molecular weight is 309 g/mol. The summed E-state index contributed by atoms with van der Waals surface area (Å²) < 4.78 is 0. The number of fused-ring (bicyclic) bond motifs is 1. The van der Waals surface area contributed by atoms with Gasteiger partial charge in [0.15, 0.2) is 0 Å². The third-order valence-electron chi connectivity index (χ3n) is 3.68. The Morgan fingerprint density at radius 2 is 1.86 bits per heavy atom. The lowest BCUT2D eigenvalue weighted by atomic mass is 10.0. The summed E-state index contributed by atoms with van der Waals surface area (Å²) in [6.07, 6.45) is 0.304. The molecule has 0 spiro atoms. The largest absolute Gasteiger partial charge is 0.295 e. The van der Waals surface area contributed by atoms with Crippen molar-refractivity contribution in [2.45, 2.75) is 25.8 Å². The van der Waals surface area contributed by atoms with Crippen LogP contribution in [0.25, 0.3) is 0 Å². The van der Waals surface area contributed by atoms with E-state index in [0.29, 0.717) is 16.7 Å². The summed E-state index contributed by atoms with van der Waals surface area (Å²) in [5.74, 6) is -1.90. The second-order valence-corrected chi connectivity index (χ2v) is 4.94. The Morgan fingerprint density at radius 1 is 1.14 bits per heavy atom. The summed E-state index contributed by atoms with van der Waals surface area (Å²) >= 11 is 0. The second-order valence-electron chi connectivity index (χ2n) is 4.94. The van der Waals surface area contributed by atoms with Gasteiger partial charge in [0, 0.05) is 6.42 Å². The number of benzene rings is 1. The number of carbonyl (C=O) groups is 4. The van der Waals surface area contributed by atoms with E-state index in [1.54, 1.807) is 25.1 Å². The molecule has 6 nitrogen and oxygen atoms in total. The van der Waals surface area contributed by atoms with E-state index in [1.165, 1.54) is 0 Å². The first-order chi connectivity index (χ1) is 9.50. The minimum absolute atomic E-state index is 0. The number of nitrogens with one attached hydrogen (secondary N) is 1. The number of aryl methyl sites for hydroxylation is 1. The Bertz CT molecular complexity index is 671. The summed E-state index contributed by atoms with van der Waals surface area (Å²) in [6, 6.07) is 4.12. The molecule has 0 radical (unpaired) electrons. The minimum Gasteiger partial charge on any atom is -0.295 e. The Balaban J connectivity index is 0.00000161. The van der Waals surface area contributed by atoms with E-state index < -0.39 is 23.8 Å². The van der Waals surface area contributed by atoms with Crippen molar-refractivity contribution in [2.24, 2.45) is 0 Å². The fraction of sp³-hybridized carbons (Fsp3) is 0.286. The molecule has 110 valence electrons. The average Bonchev–Trinajstić information content (AvgIpc) is 2.64. The van der Waals surface area contributed by atoms with Gasteiger partial charge in [-0.3, -0.25) is 29.4 Å². The van der Waals surface area contributed by atoms with E-state index in [0.717, 1.165) is 4.90 Å². The molecule has 2 heterocycles. The van der Waals surface area contributed by atoms with Crippen LogP contribution < -0.4 is 5.32 Å². The van der Waals surface area contributed by atoms with E-state index in [1.807, 2.05) is 0 Å². The third-order valence-corrected chi connectivity index (χ3v) is 3.68. The van der Waals surface area contributed by atoms with Gasteiger partial charge in [-0.25, -0.2) is 0 Å². The number of piperidine rings is 1. The maximum atomic E-state index is 12.4. The second kappa shape index (κ2) is 5.29. The highest BCUT2D eigenvalue weighted by atomic mass is 35.5. The normalized spacial score (nSPS) is 21.0. The molecule has 0 aliphatic carbocycles. The molecule has 2 aliphatic heterocycles. The van der Waals surface area contributed by atoms with Crippen molar-refractivity contribution < 1.29 is 19.2 Å². The molecule has 7 heteroatoms. The van der Waals surface area contributed by atoms with Crippen LogP contribution in [0.5, 0.6) is 0 Å². The lowest BCUT2D eigenvalue weighted by Gasteiger charge is -2.27. The van der Waals surface area contributed by atoms with Crippen molar-refractivity contribution in [3.63, 3.8) is 0 Å². The highest BCUT2D eigenvalue weighted by Gasteiger charge is 2.44. The van der Waals surface area contributed by atoms with Gasteiger partial charge in [-0.15, -0.1) is 12.4 Å². The minimum atomic E-state index is -0.903. The van der Waals surface area contributed by atoms with Crippen LogP contribution in [0.2, 0.25) is 0 Å². The van der Waals surface area contributed by atoms with Crippen LogP contribution in [-0.4, -0.2) is 34.6 Å². The van der Waals surface area contributed by atoms with Crippen molar-refractivity contribution in [2.75, 3.05) is 0 Å². The molecular formula is C14H13ClN2O4. The maximum Gasteiger partial charge on any atom is 0.262 e. The molecule has 4 amide bonds. The van der Waals surface area contributed by atoms with E-state index >= 15 is 0 Å². The Kier molecular flexibility index (Phi) is 3.82. The number of carbonyl (C=O) groups excluding carboxylic acids is 4. The van der Waals surface area contributed by atoms with Crippen LogP contribution in [0, 0.1) is 6.92 Å². The first-order valence-corrected chi connectivity index (χ1v) is 6.32. The SMILES string of the molecule is Cc1cccc2c1C(=O)N(C1CCC(=O)NC1=O)C2=O.Cl. The fourth-order valence-electron chi connectivity index (χ4n) is 2.68. The van der Waals surface area contributed by atoms with Gasteiger partial charge in [0.2, 0.25) is 11.8 Å². The number of nitrogens with zero attached hydrogens (tertiary/aromatic N) is 1. The third kappa shape index (κ3) is 2.21. The number of amides is 4. The zero-order chi connectivity index (χ0) is 14.4. The van der Waals surface area contributed by atoms with Gasteiger partial charge in [-0.1, -0.05) is 12.1 Å². The van der Waals surface area contributed by atoms with E-state index in [-0.39, 0.29) is 31.2 Å². The lowest BCUT2D eigenvalue weighted by molar-refractivity contribution is -0.136. The summed E-state index contributed by atoms with van der Waals surface area (Å²) in [7, 11) is 0. The highest BCUT2D eigenvalue weighted by molar-refractivity contribution is 6.24. The predicted molar refractivity (Wildman–Crippen MR) is 75.1 cm³/mol. The van der Waals surface area contributed by atoms with E-state index in [2.05, 4.69) is 5.32 Å². The first-order valence-electron chi connectivity index (χ1n) is 6.32. The monoisotopic (exact) mass is 308 g/mol. The van der Waals surface area contributed by atoms with Crippen LogP contribution in [0.15, 0.2) is 18.2 Å². The van der Waals surface area contributed by atoms with Gasteiger partial charge in [0.05, 0.1) is 11.1 Å². The molecule has 3 rings (SSSR count). The summed E-state index contributed by atoms with van der Waals surface area (Å²) in [5.41, 5.74) is 1.37. The molecule has 1 aromatic rings. The molecule has 0 bridgehead atoms. The van der Waals surface area contributed by atoms with Crippen LogP contribution in [0.3, 0.4) is 0 Å². The van der Waals surface area contributed by atoms with Crippen LogP contribution in [0.1, 0.15) is 39.1 Å². The molecule has 21 heavy (non-hydrogen) atoms. The Labute approximate surface area is 126 Å². The van der Waals surface area contributed by atoms with Crippen molar-refractivity contribution >= 4 is 36.0 Å². The molecule has 1 fully saturated rings.